The predicted octanol–water partition coefficient (Wildman–Crippen LogP) is 3.19. The summed E-state index contributed by atoms with van der Waals surface area (Å²) in [4.78, 5) is 8.51. The normalized spacial score (nSPS) is 12.2. The largest absolute Gasteiger partial charge is 0.263 e. The van der Waals surface area contributed by atoms with E-state index in [9.17, 15) is 8.42 Å². The molecule has 1 heterocycles. The molecule has 1 aromatic heterocycles. The molecule has 0 aliphatic heterocycles. The van der Waals surface area contributed by atoms with Gasteiger partial charge in [0.25, 0.3) is 10.0 Å². The zero-order valence-corrected chi connectivity index (χ0v) is 14.3. The average molecular weight is 319 g/mol. The summed E-state index contributed by atoms with van der Waals surface area (Å²) in [7, 11) is -3.66. The maximum atomic E-state index is 12.4. The van der Waals surface area contributed by atoms with Crippen LogP contribution in [0.3, 0.4) is 0 Å². The van der Waals surface area contributed by atoms with Gasteiger partial charge in [0.2, 0.25) is 0 Å². The van der Waals surface area contributed by atoms with Crippen molar-refractivity contribution in [1.82, 2.24) is 9.97 Å². The first-order chi connectivity index (χ1) is 10.1. The first-order valence-corrected chi connectivity index (χ1v) is 8.51. The van der Waals surface area contributed by atoms with Crippen molar-refractivity contribution in [2.45, 2.75) is 44.9 Å². The fourth-order valence-electron chi connectivity index (χ4n) is 2.02. The molecule has 0 bridgehead atoms. The lowest BCUT2D eigenvalue weighted by Crippen LogP contribution is -2.16. The van der Waals surface area contributed by atoms with Gasteiger partial charge in [0, 0.05) is 0 Å². The summed E-state index contributed by atoms with van der Waals surface area (Å²) in [5.41, 5.74) is 2.36. The molecule has 0 atom stereocenters. The number of nitrogens with one attached hydrogen (secondary N) is 1. The monoisotopic (exact) mass is 319 g/mol. The van der Waals surface area contributed by atoms with Crippen LogP contribution in [0.25, 0.3) is 0 Å². The molecule has 0 fully saturated rings. The van der Waals surface area contributed by atoms with E-state index in [0.29, 0.717) is 5.69 Å². The molecule has 0 saturated carbocycles. The van der Waals surface area contributed by atoms with Crippen LogP contribution < -0.4 is 4.72 Å². The molecule has 5 nitrogen and oxygen atoms in total. The van der Waals surface area contributed by atoms with Crippen molar-refractivity contribution in [3.05, 3.63) is 47.4 Å². The highest BCUT2D eigenvalue weighted by Crippen LogP contribution is 2.24. The van der Waals surface area contributed by atoms with Gasteiger partial charge in [-0.25, -0.2) is 13.4 Å². The SMILES string of the molecule is Cc1cnc(NS(=O)(=O)c2ccc(C(C)(C)C)cc2)c(C)n1. The molecule has 2 aromatic rings. The van der Waals surface area contributed by atoms with Crippen LogP contribution in [0.4, 0.5) is 5.82 Å². The van der Waals surface area contributed by atoms with Gasteiger partial charge in [0.15, 0.2) is 5.82 Å². The average Bonchev–Trinajstić information content (AvgIpc) is 2.41. The number of hydrogen-bond acceptors (Lipinski definition) is 4. The molecule has 0 aliphatic rings. The zero-order chi connectivity index (χ0) is 16.5. The Kier molecular flexibility index (Phi) is 4.24. The van der Waals surface area contributed by atoms with Crippen molar-refractivity contribution in [3.63, 3.8) is 0 Å². The van der Waals surface area contributed by atoms with Gasteiger partial charge >= 0.3 is 0 Å². The summed E-state index contributed by atoms with van der Waals surface area (Å²) in [6.07, 6.45) is 1.54. The van der Waals surface area contributed by atoms with E-state index < -0.39 is 10.0 Å². The Morgan fingerprint density at radius 3 is 2.14 bits per heavy atom. The van der Waals surface area contributed by atoms with Gasteiger partial charge in [-0.05, 0) is 37.0 Å². The van der Waals surface area contributed by atoms with Crippen molar-refractivity contribution in [3.8, 4) is 0 Å². The quantitative estimate of drug-likeness (QED) is 0.943. The molecule has 6 heteroatoms. The molecular formula is C16H21N3O2S. The molecule has 0 saturated heterocycles. The second-order valence-corrected chi connectivity index (χ2v) is 8.01. The van der Waals surface area contributed by atoms with Gasteiger partial charge in [0.05, 0.1) is 22.5 Å². The molecule has 0 amide bonds. The molecular weight excluding hydrogens is 298 g/mol. The maximum absolute atomic E-state index is 12.4. The van der Waals surface area contributed by atoms with Crippen LogP contribution in [0.1, 0.15) is 37.7 Å². The number of nitrogens with zero attached hydrogens (tertiary/aromatic N) is 2. The van der Waals surface area contributed by atoms with Crippen molar-refractivity contribution in [2.24, 2.45) is 0 Å². The van der Waals surface area contributed by atoms with E-state index in [2.05, 4.69) is 35.5 Å². The number of rotatable bonds is 3. The summed E-state index contributed by atoms with van der Waals surface area (Å²) in [6, 6.07) is 6.89. The highest BCUT2D eigenvalue weighted by molar-refractivity contribution is 7.92. The topological polar surface area (TPSA) is 72.0 Å². The second kappa shape index (κ2) is 5.68. The lowest BCUT2D eigenvalue weighted by molar-refractivity contribution is 0.587. The third kappa shape index (κ3) is 3.62. The van der Waals surface area contributed by atoms with Gasteiger partial charge in [-0.3, -0.25) is 9.71 Å². The van der Waals surface area contributed by atoms with E-state index in [1.807, 2.05) is 19.1 Å². The molecule has 0 spiro atoms. The Hall–Kier alpha value is -1.95. The Labute approximate surface area is 131 Å². The Balaban J connectivity index is 2.31. The minimum Gasteiger partial charge on any atom is -0.262 e. The molecule has 0 unspecified atom stereocenters. The summed E-state index contributed by atoms with van der Waals surface area (Å²) >= 11 is 0. The summed E-state index contributed by atoms with van der Waals surface area (Å²) in [5, 5.41) is 0. The lowest BCUT2D eigenvalue weighted by Gasteiger charge is -2.19. The standard InChI is InChI=1S/C16H21N3O2S/c1-11-10-17-15(12(2)18-11)19-22(20,21)14-8-6-13(7-9-14)16(3,4)5/h6-10H,1-5H3,(H,17,19). The van der Waals surface area contributed by atoms with E-state index in [1.54, 1.807) is 19.1 Å². The fraction of sp³-hybridized carbons (Fsp3) is 0.375. The van der Waals surface area contributed by atoms with E-state index in [1.165, 1.54) is 6.20 Å². The number of aryl methyl sites for hydroxylation is 2. The summed E-state index contributed by atoms with van der Waals surface area (Å²) in [6.45, 7) is 9.78. The van der Waals surface area contributed by atoms with Crippen molar-refractivity contribution < 1.29 is 8.42 Å². The van der Waals surface area contributed by atoms with Gasteiger partial charge in [-0.2, -0.15) is 0 Å². The van der Waals surface area contributed by atoms with Crippen LogP contribution in [-0.4, -0.2) is 18.4 Å². The third-order valence-corrected chi connectivity index (χ3v) is 4.68. The highest BCUT2D eigenvalue weighted by Gasteiger charge is 2.19. The van der Waals surface area contributed by atoms with Crippen LogP contribution in [0.15, 0.2) is 35.4 Å². The number of hydrogen-bond donors (Lipinski definition) is 1. The third-order valence-electron chi connectivity index (χ3n) is 3.33. The number of anilines is 1. The minimum absolute atomic E-state index is 0.0191. The van der Waals surface area contributed by atoms with Gasteiger partial charge in [0.1, 0.15) is 0 Å². The zero-order valence-electron chi connectivity index (χ0n) is 13.5. The molecule has 0 aliphatic carbocycles. The summed E-state index contributed by atoms with van der Waals surface area (Å²) < 4.78 is 27.3. The number of sulfonamides is 1. The Bertz CT molecular complexity index is 776. The fourth-order valence-corrected chi connectivity index (χ4v) is 3.09. The first-order valence-electron chi connectivity index (χ1n) is 7.03. The smallest absolute Gasteiger partial charge is 0.262 e. The van der Waals surface area contributed by atoms with Crippen LogP contribution in [0.5, 0.6) is 0 Å². The van der Waals surface area contributed by atoms with Crippen LogP contribution in [0.2, 0.25) is 0 Å². The Morgan fingerprint density at radius 2 is 1.64 bits per heavy atom. The van der Waals surface area contributed by atoms with Crippen molar-refractivity contribution >= 4 is 15.8 Å². The maximum Gasteiger partial charge on any atom is 0.263 e. The van der Waals surface area contributed by atoms with Crippen molar-refractivity contribution in [2.75, 3.05) is 4.72 Å². The molecule has 22 heavy (non-hydrogen) atoms. The minimum atomic E-state index is -3.66. The second-order valence-electron chi connectivity index (χ2n) is 6.33. The highest BCUT2D eigenvalue weighted by atomic mass is 32.2. The van der Waals surface area contributed by atoms with Gasteiger partial charge < -0.3 is 0 Å². The van der Waals surface area contributed by atoms with E-state index in [-0.39, 0.29) is 16.1 Å². The van der Waals surface area contributed by atoms with Crippen LogP contribution in [-0.2, 0) is 15.4 Å². The number of aromatic nitrogens is 2. The van der Waals surface area contributed by atoms with Crippen molar-refractivity contribution in [1.29, 1.82) is 0 Å². The Morgan fingerprint density at radius 1 is 1.05 bits per heavy atom. The molecule has 1 aromatic carbocycles. The van der Waals surface area contributed by atoms with Crippen LogP contribution >= 0.6 is 0 Å². The van der Waals surface area contributed by atoms with Crippen LogP contribution in [0, 0.1) is 13.8 Å². The van der Waals surface area contributed by atoms with E-state index >= 15 is 0 Å². The molecule has 1 N–H and O–H groups in total. The molecule has 2 rings (SSSR count). The molecule has 0 radical (unpaired) electrons. The lowest BCUT2D eigenvalue weighted by atomic mass is 9.87. The van der Waals surface area contributed by atoms with E-state index in [0.717, 1.165) is 11.3 Å². The molecule has 118 valence electrons. The number of benzene rings is 1. The summed E-state index contributed by atoms with van der Waals surface area (Å²) in [5.74, 6) is 0.255. The van der Waals surface area contributed by atoms with Gasteiger partial charge in [-0.15, -0.1) is 0 Å². The first kappa shape index (κ1) is 16.4. The predicted molar refractivity (Wildman–Crippen MR) is 87.5 cm³/mol. The van der Waals surface area contributed by atoms with Gasteiger partial charge in [-0.1, -0.05) is 32.9 Å². The van der Waals surface area contributed by atoms with E-state index in [4.69, 9.17) is 0 Å².